The van der Waals surface area contributed by atoms with Crippen LogP contribution in [0.5, 0.6) is 0 Å². The van der Waals surface area contributed by atoms with Crippen molar-refractivity contribution in [1.29, 1.82) is 0 Å². The SMILES string of the molecule is Cc1cccc(S(=O)(=O)N2C[C@@H](CN)[C@H](c3ccccc3)C2)c1Cl.Cl. The highest BCUT2D eigenvalue weighted by Crippen LogP contribution is 2.36. The summed E-state index contributed by atoms with van der Waals surface area (Å²) in [6.07, 6.45) is 0. The quantitative estimate of drug-likeness (QED) is 0.854. The Labute approximate surface area is 160 Å². The summed E-state index contributed by atoms with van der Waals surface area (Å²) < 4.78 is 27.6. The molecule has 0 bridgehead atoms. The van der Waals surface area contributed by atoms with Crippen LogP contribution in [0.25, 0.3) is 0 Å². The normalized spacial score (nSPS) is 21.1. The molecule has 0 aliphatic carbocycles. The van der Waals surface area contributed by atoms with Gasteiger partial charge in [-0.2, -0.15) is 4.31 Å². The Morgan fingerprint density at radius 1 is 1.12 bits per heavy atom. The molecule has 2 aromatic rings. The minimum Gasteiger partial charge on any atom is -0.330 e. The van der Waals surface area contributed by atoms with E-state index in [1.54, 1.807) is 25.1 Å². The third kappa shape index (κ3) is 3.86. The second-order valence-electron chi connectivity index (χ2n) is 6.22. The third-order valence-corrected chi connectivity index (χ3v) is 7.20. The Kier molecular flexibility index (Phi) is 6.51. The molecule has 25 heavy (non-hydrogen) atoms. The second kappa shape index (κ2) is 8.06. The van der Waals surface area contributed by atoms with Gasteiger partial charge in [0, 0.05) is 19.0 Å². The van der Waals surface area contributed by atoms with E-state index in [-0.39, 0.29) is 29.1 Å². The van der Waals surface area contributed by atoms with E-state index in [2.05, 4.69) is 0 Å². The van der Waals surface area contributed by atoms with E-state index in [9.17, 15) is 8.42 Å². The molecule has 3 rings (SSSR count). The summed E-state index contributed by atoms with van der Waals surface area (Å²) >= 11 is 6.25. The van der Waals surface area contributed by atoms with E-state index < -0.39 is 10.0 Å². The van der Waals surface area contributed by atoms with Crippen molar-refractivity contribution in [3.63, 3.8) is 0 Å². The Hall–Kier alpha value is -1.11. The molecule has 0 saturated carbocycles. The molecular formula is C18H22Cl2N2O2S. The van der Waals surface area contributed by atoms with Gasteiger partial charge in [-0.3, -0.25) is 0 Å². The monoisotopic (exact) mass is 400 g/mol. The molecule has 1 aliphatic heterocycles. The maximum atomic E-state index is 13.0. The van der Waals surface area contributed by atoms with Crippen LogP contribution < -0.4 is 5.73 Å². The summed E-state index contributed by atoms with van der Waals surface area (Å²) in [7, 11) is -3.63. The van der Waals surface area contributed by atoms with Crippen molar-refractivity contribution in [2.45, 2.75) is 17.7 Å². The van der Waals surface area contributed by atoms with Gasteiger partial charge in [0.1, 0.15) is 4.90 Å². The lowest BCUT2D eigenvalue weighted by Crippen LogP contribution is -2.30. The molecule has 0 unspecified atom stereocenters. The Bertz CT molecular complexity index is 828. The van der Waals surface area contributed by atoms with Crippen molar-refractivity contribution in [2.24, 2.45) is 11.7 Å². The van der Waals surface area contributed by atoms with Gasteiger partial charge in [0.25, 0.3) is 0 Å². The molecule has 7 heteroatoms. The molecule has 1 saturated heterocycles. The summed E-state index contributed by atoms with van der Waals surface area (Å²) in [5, 5.41) is 0.296. The lowest BCUT2D eigenvalue weighted by molar-refractivity contribution is 0.459. The highest BCUT2D eigenvalue weighted by molar-refractivity contribution is 7.89. The topological polar surface area (TPSA) is 63.4 Å². The van der Waals surface area contributed by atoms with Crippen LogP contribution in [0.3, 0.4) is 0 Å². The number of hydrogen-bond acceptors (Lipinski definition) is 3. The maximum absolute atomic E-state index is 13.0. The van der Waals surface area contributed by atoms with Crippen LogP contribution in [0.15, 0.2) is 53.4 Å². The highest BCUT2D eigenvalue weighted by Gasteiger charge is 2.40. The van der Waals surface area contributed by atoms with Crippen molar-refractivity contribution in [3.05, 3.63) is 64.7 Å². The molecule has 1 heterocycles. The number of rotatable bonds is 4. The predicted octanol–water partition coefficient (Wildman–Crippen LogP) is 3.43. The summed E-state index contributed by atoms with van der Waals surface area (Å²) in [6, 6.07) is 15.1. The smallest absolute Gasteiger partial charge is 0.244 e. The molecule has 1 aliphatic rings. The predicted molar refractivity (Wildman–Crippen MR) is 104 cm³/mol. The summed E-state index contributed by atoms with van der Waals surface area (Å²) in [4.78, 5) is 0.175. The molecular weight excluding hydrogens is 379 g/mol. The zero-order valence-electron chi connectivity index (χ0n) is 13.9. The van der Waals surface area contributed by atoms with Crippen molar-refractivity contribution in [3.8, 4) is 0 Å². The summed E-state index contributed by atoms with van der Waals surface area (Å²) in [5.41, 5.74) is 7.79. The lowest BCUT2D eigenvalue weighted by atomic mass is 9.89. The fourth-order valence-corrected chi connectivity index (χ4v) is 5.38. The Balaban J connectivity index is 0.00000225. The third-order valence-electron chi connectivity index (χ3n) is 4.71. The fraction of sp³-hybridized carbons (Fsp3) is 0.333. The summed E-state index contributed by atoms with van der Waals surface area (Å²) in [5.74, 6) is 0.209. The number of nitrogens with zero attached hydrogens (tertiary/aromatic N) is 1. The molecule has 0 aromatic heterocycles. The fourth-order valence-electron chi connectivity index (χ4n) is 3.30. The van der Waals surface area contributed by atoms with Crippen molar-refractivity contribution in [1.82, 2.24) is 4.31 Å². The van der Waals surface area contributed by atoms with Gasteiger partial charge in [-0.1, -0.05) is 54.1 Å². The van der Waals surface area contributed by atoms with E-state index in [4.69, 9.17) is 17.3 Å². The Morgan fingerprint density at radius 2 is 1.80 bits per heavy atom. The van der Waals surface area contributed by atoms with Crippen LogP contribution in [0.4, 0.5) is 0 Å². The van der Waals surface area contributed by atoms with E-state index in [1.807, 2.05) is 30.3 Å². The van der Waals surface area contributed by atoms with Gasteiger partial charge in [-0.25, -0.2) is 8.42 Å². The molecule has 0 spiro atoms. The van der Waals surface area contributed by atoms with Crippen molar-refractivity contribution >= 4 is 34.0 Å². The van der Waals surface area contributed by atoms with Crippen molar-refractivity contribution < 1.29 is 8.42 Å². The van der Waals surface area contributed by atoms with E-state index in [0.717, 1.165) is 11.1 Å². The standard InChI is InChI=1S/C18H21ClN2O2S.ClH/c1-13-6-5-9-17(18(13)19)24(22,23)21-11-15(10-20)16(12-21)14-7-3-2-4-8-14;/h2-9,15-16H,10-12,20H2,1H3;1H/t15-,16+;/m1./s1. The molecule has 0 radical (unpaired) electrons. The molecule has 4 nitrogen and oxygen atoms in total. The van der Waals surface area contributed by atoms with Gasteiger partial charge in [0.15, 0.2) is 0 Å². The van der Waals surface area contributed by atoms with Crippen LogP contribution in [-0.2, 0) is 10.0 Å². The Morgan fingerprint density at radius 3 is 2.44 bits per heavy atom. The molecule has 2 aromatic carbocycles. The summed E-state index contributed by atoms with van der Waals surface area (Å²) in [6.45, 7) is 3.11. The van der Waals surface area contributed by atoms with Gasteiger partial charge in [0.05, 0.1) is 5.02 Å². The molecule has 2 atom stereocenters. The van der Waals surface area contributed by atoms with E-state index >= 15 is 0 Å². The second-order valence-corrected chi connectivity index (χ2v) is 8.51. The number of benzene rings is 2. The van der Waals surface area contributed by atoms with Gasteiger partial charge in [-0.05, 0) is 36.6 Å². The largest absolute Gasteiger partial charge is 0.330 e. The maximum Gasteiger partial charge on any atom is 0.244 e. The van der Waals surface area contributed by atoms with Crippen LogP contribution in [0.2, 0.25) is 5.02 Å². The lowest BCUT2D eigenvalue weighted by Gasteiger charge is -2.18. The average Bonchev–Trinajstić information content (AvgIpc) is 3.03. The number of hydrogen-bond donors (Lipinski definition) is 1. The minimum atomic E-state index is -3.63. The van der Waals surface area contributed by atoms with E-state index in [0.29, 0.717) is 24.7 Å². The first kappa shape index (κ1) is 20.2. The molecule has 2 N–H and O–H groups in total. The molecule has 1 fully saturated rings. The van der Waals surface area contributed by atoms with Crippen LogP contribution in [-0.4, -0.2) is 32.4 Å². The average molecular weight is 401 g/mol. The molecule has 0 amide bonds. The molecule has 136 valence electrons. The van der Waals surface area contributed by atoms with Gasteiger partial charge in [0.2, 0.25) is 10.0 Å². The first-order chi connectivity index (χ1) is 11.4. The van der Waals surface area contributed by atoms with Gasteiger partial charge >= 0.3 is 0 Å². The van der Waals surface area contributed by atoms with Crippen LogP contribution in [0.1, 0.15) is 17.0 Å². The number of halogens is 2. The number of nitrogens with two attached hydrogens (primary N) is 1. The number of aryl methyl sites for hydroxylation is 1. The minimum absolute atomic E-state index is 0. The number of sulfonamides is 1. The first-order valence-electron chi connectivity index (χ1n) is 7.95. The van der Waals surface area contributed by atoms with Crippen LogP contribution >= 0.6 is 24.0 Å². The van der Waals surface area contributed by atoms with Gasteiger partial charge < -0.3 is 5.73 Å². The van der Waals surface area contributed by atoms with Gasteiger partial charge in [-0.15, -0.1) is 12.4 Å². The zero-order valence-corrected chi connectivity index (χ0v) is 16.3. The first-order valence-corrected chi connectivity index (χ1v) is 9.77. The highest BCUT2D eigenvalue weighted by atomic mass is 35.5. The van der Waals surface area contributed by atoms with Crippen molar-refractivity contribution in [2.75, 3.05) is 19.6 Å². The van der Waals surface area contributed by atoms with Crippen LogP contribution in [0, 0.1) is 12.8 Å². The van der Waals surface area contributed by atoms with E-state index in [1.165, 1.54) is 4.31 Å². The zero-order chi connectivity index (χ0) is 17.3.